The van der Waals surface area contributed by atoms with Crippen LogP contribution < -0.4 is 25.8 Å². The van der Waals surface area contributed by atoms with Crippen LogP contribution in [0, 0.1) is 6.92 Å². The van der Waals surface area contributed by atoms with Crippen LogP contribution in [0.2, 0.25) is 0 Å². The first-order valence-electron chi connectivity index (χ1n) is 12.8. The predicted molar refractivity (Wildman–Crippen MR) is 161 cm³/mol. The third kappa shape index (κ3) is 6.14. The summed E-state index contributed by atoms with van der Waals surface area (Å²) in [4.78, 5) is 30.2. The number of phenols is 1. The first kappa shape index (κ1) is 28.7. The highest BCUT2D eigenvalue weighted by Gasteiger charge is 2.22. The lowest BCUT2D eigenvalue weighted by Gasteiger charge is -2.12. The van der Waals surface area contributed by atoms with E-state index in [1.165, 1.54) is 31.9 Å². The van der Waals surface area contributed by atoms with Crippen molar-refractivity contribution in [2.75, 3.05) is 19.5 Å². The van der Waals surface area contributed by atoms with Crippen molar-refractivity contribution in [2.24, 2.45) is 10.7 Å². The molecule has 9 nitrogen and oxygen atoms in total. The number of ether oxygens (including phenoxy) is 2. The van der Waals surface area contributed by atoms with E-state index in [0.29, 0.717) is 16.9 Å². The molecule has 210 valence electrons. The number of nitrogens with one attached hydrogen (secondary N) is 2. The molecule has 0 aliphatic heterocycles. The quantitative estimate of drug-likeness (QED) is 0.228. The number of aromatic hydroxyl groups is 1. The second-order valence-electron chi connectivity index (χ2n) is 9.31. The van der Waals surface area contributed by atoms with Crippen LogP contribution in [0.4, 0.5) is 11.4 Å². The van der Waals surface area contributed by atoms with Crippen LogP contribution in [-0.4, -0.2) is 37.1 Å². The minimum absolute atomic E-state index is 0.0955. The number of hydrogen-bond acceptors (Lipinski definition) is 6. The fourth-order valence-corrected chi connectivity index (χ4v) is 4.63. The number of hydrogen-bond donors (Lipinski definition) is 4. The number of aliphatic imine (C=N–C) groups is 1. The minimum atomic E-state index is -0.605. The number of allylic oxidation sites excluding steroid dienone is 5. The van der Waals surface area contributed by atoms with Gasteiger partial charge in [-0.2, -0.15) is 0 Å². The number of guanidine groups is 1. The zero-order chi connectivity index (χ0) is 29.7. The number of benzene rings is 3. The van der Waals surface area contributed by atoms with Gasteiger partial charge in [0.2, 0.25) is 11.7 Å². The number of carbonyl (C=O) groups is 2. The van der Waals surface area contributed by atoms with E-state index in [-0.39, 0.29) is 34.7 Å². The summed E-state index contributed by atoms with van der Waals surface area (Å²) in [5, 5.41) is 15.6. The van der Waals surface area contributed by atoms with E-state index in [2.05, 4.69) is 28.3 Å². The Kier molecular flexibility index (Phi) is 8.57. The van der Waals surface area contributed by atoms with Crippen LogP contribution >= 0.6 is 0 Å². The molecule has 0 heterocycles. The number of rotatable bonds is 7. The molecule has 1 aliphatic carbocycles. The SMILES string of the molecule is C=C/C=C1\C(=C/C)Cc2cc(C(=O)Nc3cc(N=C(N)NC(=O)c4cc(O)c(OC)c(OC)c4)ccc3C)ccc21. The maximum Gasteiger partial charge on any atom is 0.258 e. The third-order valence-electron chi connectivity index (χ3n) is 6.70. The summed E-state index contributed by atoms with van der Waals surface area (Å²) >= 11 is 0. The molecule has 0 bridgehead atoms. The molecule has 3 aromatic rings. The molecule has 0 unspecified atom stereocenters. The van der Waals surface area contributed by atoms with Crippen molar-refractivity contribution in [1.82, 2.24) is 5.32 Å². The van der Waals surface area contributed by atoms with E-state index < -0.39 is 5.91 Å². The fourth-order valence-electron chi connectivity index (χ4n) is 4.63. The van der Waals surface area contributed by atoms with Crippen LogP contribution in [0.1, 0.15) is 44.3 Å². The van der Waals surface area contributed by atoms with Gasteiger partial charge >= 0.3 is 0 Å². The molecule has 0 spiro atoms. The van der Waals surface area contributed by atoms with Gasteiger partial charge in [0.15, 0.2) is 11.5 Å². The Hall–Kier alpha value is -5.31. The Labute approximate surface area is 238 Å². The molecular weight excluding hydrogens is 520 g/mol. The molecule has 0 aromatic heterocycles. The van der Waals surface area contributed by atoms with Crippen molar-refractivity contribution in [3.63, 3.8) is 0 Å². The van der Waals surface area contributed by atoms with Gasteiger partial charge in [-0.25, -0.2) is 4.99 Å². The number of fused-ring (bicyclic) bond motifs is 1. The lowest BCUT2D eigenvalue weighted by Crippen LogP contribution is -2.36. The standard InChI is InChI=1S/C32H32N4O5/c1-6-8-24-19(7-2)13-21-14-20(10-12-25(21)24)30(38)35-26-17-23(11-9-18(26)3)34-32(33)36-31(39)22-15-27(37)29(41-5)28(16-22)40-4/h6-12,14-17,37H,1,13H2,2-5H3,(H,35,38)(H3,33,34,36,39)/b19-7-,24-8+. The van der Waals surface area contributed by atoms with E-state index in [9.17, 15) is 14.7 Å². The van der Waals surface area contributed by atoms with Crippen molar-refractivity contribution in [2.45, 2.75) is 20.3 Å². The van der Waals surface area contributed by atoms with Gasteiger partial charge in [0.05, 0.1) is 19.9 Å². The molecule has 0 radical (unpaired) electrons. The van der Waals surface area contributed by atoms with E-state index in [4.69, 9.17) is 15.2 Å². The van der Waals surface area contributed by atoms with E-state index in [0.717, 1.165) is 28.7 Å². The topological polar surface area (TPSA) is 135 Å². The molecule has 2 amide bonds. The Morgan fingerprint density at radius 3 is 2.51 bits per heavy atom. The minimum Gasteiger partial charge on any atom is -0.504 e. The average molecular weight is 553 g/mol. The number of aryl methyl sites for hydroxylation is 1. The molecule has 0 saturated carbocycles. The molecule has 0 saturated heterocycles. The Morgan fingerprint density at radius 1 is 1.05 bits per heavy atom. The molecule has 9 heteroatoms. The first-order chi connectivity index (χ1) is 19.7. The molecular formula is C32H32N4O5. The van der Waals surface area contributed by atoms with Crippen LogP contribution in [-0.2, 0) is 6.42 Å². The summed E-state index contributed by atoms with van der Waals surface area (Å²) < 4.78 is 10.3. The number of methoxy groups -OCH3 is 2. The van der Waals surface area contributed by atoms with Gasteiger partial charge in [-0.15, -0.1) is 0 Å². The van der Waals surface area contributed by atoms with Crippen molar-refractivity contribution < 1.29 is 24.2 Å². The van der Waals surface area contributed by atoms with Crippen molar-refractivity contribution in [3.05, 3.63) is 107 Å². The molecule has 5 N–H and O–H groups in total. The van der Waals surface area contributed by atoms with Crippen molar-refractivity contribution in [1.29, 1.82) is 0 Å². The van der Waals surface area contributed by atoms with Crippen LogP contribution in [0.15, 0.2) is 83.9 Å². The summed E-state index contributed by atoms with van der Waals surface area (Å²) in [6, 6.07) is 13.5. The number of nitrogens with zero attached hydrogens (tertiary/aromatic N) is 1. The molecule has 3 aromatic carbocycles. The second-order valence-corrected chi connectivity index (χ2v) is 9.31. The van der Waals surface area contributed by atoms with Crippen molar-refractivity contribution >= 4 is 34.7 Å². The summed E-state index contributed by atoms with van der Waals surface area (Å²) in [5.41, 5.74) is 12.9. The lowest BCUT2D eigenvalue weighted by atomic mass is 10.0. The highest BCUT2D eigenvalue weighted by atomic mass is 16.5. The first-order valence-corrected chi connectivity index (χ1v) is 12.8. The van der Waals surface area contributed by atoms with E-state index in [1.54, 1.807) is 30.3 Å². The van der Waals surface area contributed by atoms with Crippen LogP contribution in [0.5, 0.6) is 17.2 Å². The van der Waals surface area contributed by atoms with Crippen LogP contribution in [0.3, 0.4) is 0 Å². The Bertz CT molecular complexity index is 1640. The fraction of sp³-hybridized carbons (Fsp3) is 0.156. The Morgan fingerprint density at radius 2 is 1.83 bits per heavy atom. The van der Waals surface area contributed by atoms with Gasteiger partial charge in [0.1, 0.15) is 0 Å². The summed E-state index contributed by atoms with van der Waals surface area (Å²) in [5.74, 6) is -0.998. The molecule has 1 aliphatic rings. The number of anilines is 1. The average Bonchev–Trinajstić information content (AvgIpc) is 3.31. The van der Waals surface area contributed by atoms with Gasteiger partial charge in [-0.05, 0) is 84.5 Å². The smallest absolute Gasteiger partial charge is 0.258 e. The molecule has 4 rings (SSSR count). The summed E-state index contributed by atoms with van der Waals surface area (Å²) in [6.07, 6.45) is 6.59. The predicted octanol–water partition coefficient (Wildman–Crippen LogP) is 5.42. The van der Waals surface area contributed by atoms with Gasteiger partial charge in [-0.3, -0.25) is 14.9 Å². The van der Waals surface area contributed by atoms with Gasteiger partial charge in [0.25, 0.3) is 11.8 Å². The normalized spacial score (nSPS) is 14.5. The molecule has 0 fully saturated rings. The van der Waals surface area contributed by atoms with Crippen LogP contribution in [0.25, 0.3) is 5.57 Å². The van der Waals surface area contributed by atoms with Gasteiger partial charge in [-0.1, -0.05) is 36.9 Å². The van der Waals surface area contributed by atoms with Gasteiger partial charge in [0, 0.05) is 16.8 Å². The summed E-state index contributed by atoms with van der Waals surface area (Å²) in [6.45, 7) is 7.68. The number of amides is 2. The highest BCUT2D eigenvalue weighted by molar-refractivity contribution is 6.07. The largest absolute Gasteiger partial charge is 0.504 e. The maximum absolute atomic E-state index is 13.2. The maximum atomic E-state index is 13.2. The Balaban J connectivity index is 1.51. The third-order valence-corrected chi connectivity index (χ3v) is 6.70. The van der Waals surface area contributed by atoms with Crippen molar-refractivity contribution in [3.8, 4) is 17.2 Å². The number of nitrogens with two attached hydrogens (primary N) is 1. The zero-order valence-electron chi connectivity index (χ0n) is 23.4. The highest BCUT2D eigenvalue weighted by Crippen LogP contribution is 2.38. The van der Waals surface area contributed by atoms with E-state index in [1.807, 2.05) is 32.1 Å². The second kappa shape index (κ2) is 12.3. The van der Waals surface area contributed by atoms with Gasteiger partial charge < -0.3 is 25.6 Å². The summed E-state index contributed by atoms with van der Waals surface area (Å²) in [7, 11) is 2.77. The van der Waals surface area contributed by atoms with E-state index >= 15 is 0 Å². The molecule has 41 heavy (non-hydrogen) atoms. The number of carbonyl (C=O) groups excluding carboxylic acids is 2. The monoisotopic (exact) mass is 552 g/mol. The molecule has 0 atom stereocenters. The number of phenolic OH excluding ortho intramolecular Hbond substituents is 1. The lowest BCUT2D eigenvalue weighted by molar-refractivity contribution is 0.0974. The zero-order valence-corrected chi connectivity index (χ0v) is 23.4.